The van der Waals surface area contributed by atoms with Gasteiger partial charge in [-0.15, -0.1) is 0 Å². The fraction of sp³-hybridized carbons (Fsp3) is 0.812. The van der Waals surface area contributed by atoms with E-state index in [1.54, 1.807) is 21.1 Å². The van der Waals surface area contributed by atoms with Gasteiger partial charge in [-0.3, -0.25) is 9.69 Å². The Morgan fingerprint density at radius 3 is 2.50 bits per heavy atom. The predicted molar refractivity (Wildman–Crippen MR) is 84.3 cm³/mol. The topological polar surface area (TPSA) is 62.6 Å². The zero-order valence-corrected chi connectivity index (χ0v) is 19.4. The molecule has 5 nitrogen and oxygen atoms in total. The summed E-state index contributed by atoms with van der Waals surface area (Å²) in [7, 11) is 5.16. The number of nitrogens with zero attached hydrogens (tertiary/aromatic N) is 1. The minimum absolute atomic E-state index is 0. The molecule has 1 radical (unpaired) electrons. The zero-order chi connectivity index (χ0) is 16.2. The molecule has 1 heterocycles. The minimum atomic E-state index is -0.695. The van der Waals surface area contributed by atoms with Crippen LogP contribution >= 0.6 is 0 Å². The van der Waals surface area contributed by atoms with Crippen molar-refractivity contribution >= 4 is 5.78 Å². The molecule has 2 unspecified atom stereocenters. The van der Waals surface area contributed by atoms with E-state index in [0.717, 1.165) is 6.42 Å². The van der Waals surface area contributed by atoms with Crippen LogP contribution in [0.5, 0.6) is 0 Å². The van der Waals surface area contributed by atoms with Crippen molar-refractivity contribution in [3.05, 3.63) is 17.9 Å². The van der Waals surface area contributed by atoms with E-state index < -0.39 is 11.6 Å². The minimum Gasteiger partial charge on any atom is -0.671 e. The van der Waals surface area contributed by atoms with E-state index in [4.69, 9.17) is 15.2 Å². The maximum absolute atomic E-state index is 11.8. The fourth-order valence-electron chi connectivity index (χ4n) is 3.37. The number of hydrogen-bond acceptors (Lipinski definition) is 4. The summed E-state index contributed by atoms with van der Waals surface area (Å²) in [6, 6.07) is -0.680. The van der Waals surface area contributed by atoms with Gasteiger partial charge in [0.05, 0.1) is 18.2 Å². The summed E-state index contributed by atoms with van der Waals surface area (Å²) in [6.07, 6.45) is 4.87. The van der Waals surface area contributed by atoms with Crippen molar-refractivity contribution in [2.45, 2.75) is 50.9 Å². The van der Waals surface area contributed by atoms with Gasteiger partial charge in [-0.05, 0) is 40.2 Å². The van der Waals surface area contributed by atoms with Gasteiger partial charge in [-0.25, -0.2) is 0 Å². The average molecular weight is 524 g/mol. The van der Waals surface area contributed by atoms with Crippen LogP contribution in [0.2, 0.25) is 0 Å². The first-order valence-electron chi connectivity index (χ1n) is 7.42. The molecule has 0 amide bonds. The Hall–Kier alpha value is 0.692. The molecule has 6 heteroatoms. The second-order valence-electron chi connectivity index (χ2n) is 6.14. The molecule has 5 atom stereocenters. The van der Waals surface area contributed by atoms with Crippen LogP contribution < -0.4 is 0 Å². The summed E-state index contributed by atoms with van der Waals surface area (Å²) in [5.74, 6) is 0.343. The first-order chi connectivity index (χ1) is 9.82. The Morgan fingerprint density at radius 1 is 1.50 bits per heavy atom. The van der Waals surface area contributed by atoms with Crippen molar-refractivity contribution in [1.29, 1.82) is 0 Å². The maximum Gasteiger partial charge on any atom is 0.146 e. The van der Waals surface area contributed by atoms with Gasteiger partial charge in [-0.1, -0.05) is 18.2 Å². The number of nitrogens with one attached hydrogen (secondary N) is 1. The van der Waals surface area contributed by atoms with E-state index >= 15 is 0 Å². The van der Waals surface area contributed by atoms with Gasteiger partial charge in [0, 0.05) is 64.3 Å². The molecule has 125 valence electrons. The number of methoxy groups -OCH3 is 2. The Morgan fingerprint density at radius 2 is 2.09 bits per heavy atom. The number of carbonyl (C=O) groups excluding carboxylic acids is 1. The number of rotatable bonds is 7. The van der Waals surface area contributed by atoms with Crippen molar-refractivity contribution in [2.24, 2.45) is 5.92 Å². The zero-order valence-electron chi connectivity index (χ0n) is 14.6. The van der Waals surface area contributed by atoms with Crippen molar-refractivity contribution in [3.63, 3.8) is 0 Å². The maximum atomic E-state index is 11.8. The normalized spacial score (nSPS) is 30.0. The molecule has 1 fully saturated rings. The van der Waals surface area contributed by atoms with Gasteiger partial charge >= 0.3 is 0 Å². The van der Waals surface area contributed by atoms with Crippen molar-refractivity contribution < 1.29 is 58.3 Å². The average Bonchev–Trinajstić information content (AvgIpc) is 2.75. The number of hydrogen-bond donors (Lipinski definition) is 0. The molecule has 0 spiro atoms. The number of likely N-dealkylation sites (tertiary alicyclic amines) is 1. The summed E-state index contributed by atoms with van der Waals surface area (Å²) in [4.78, 5) is 13.9. The largest absolute Gasteiger partial charge is 0.671 e. The quantitative estimate of drug-likeness (QED) is 0.480. The third-order valence-corrected chi connectivity index (χ3v) is 4.70. The van der Waals surface area contributed by atoms with Crippen LogP contribution in [0.25, 0.3) is 5.73 Å². The number of carbonyl (C=O) groups is 1. The SMILES string of the molecule is C/C=C\[C@@H]1C[C@H](C(C)=O)N(C)[C@H]1C([NH-])C(C)(COC)OC.[Ac]. The van der Waals surface area contributed by atoms with E-state index in [1.165, 1.54) is 0 Å². The third-order valence-electron chi connectivity index (χ3n) is 4.70. The van der Waals surface area contributed by atoms with Gasteiger partial charge in [0.1, 0.15) is 5.78 Å². The summed E-state index contributed by atoms with van der Waals surface area (Å²) >= 11 is 0. The third kappa shape index (κ3) is 4.85. The molecule has 0 bridgehead atoms. The smallest absolute Gasteiger partial charge is 0.146 e. The van der Waals surface area contributed by atoms with Crippen LogP contribution in [0, 0.1) is 50.0 Å². The molecule has 0 aromatic carbocycles. The van der Waals surface area contributed by atoms with Crippen LogP contribution in [0.1, 0.15) is 27.2 Å². The van der Waals surface area contributed by atoms with Crippen LogP contribution in [-0.2, 0) is 14.3 Å². The number of Topliss-reactive ketones (excluding diaryl/α,β-unsaturated/α-hetero) is 1. The van der Waals surface area contributed by atoms with E-state index in [1.807, 2.05) is 31.9 Å². The standard InChI is InChI=1S/C16H29N2O3.Ac/c1-7-8-12-9-13(11(2)19)18(4)14(12)15(17)16(3,21-6)10-20-5;/h7-8,12-15,17H,9-10H2,1-6H3;/q-1;/b8-7-;/t12-,13-,14-,15?,16?;/m1./s1. The van der Waals surface area contributed by atoms with E-state index in [9.17, 15) is 4.79 Å². The van der Waals surface area contributed by atoms with Gasteiger partial charge in [0.25, 0.3) is 0 Å². The van der Waals surface area contributed by atoms with Crippen LogP contribution in [0.4, 0.5) is 0 Å². The molecule has 1 saturated heterocycles. The second kappa shape index (κ2) is 9.86. The molecule has 1 rings (SSSR count). The summed E-state index contributed by atoms with van der Waals surface area (Å²) in [5, 5.41) is 0. The Balaban J connectivity index is 0.00000441. The van der Waals surface area contributed by atoms with Crippen LogP contribution in [-0.4, -0.2) is 62.3 Å². The number of ether oxygens (including phenoxy) is 2. The number of likely N-dealkylation sites (N-methyl/N-ethyl adjacent to an activating group) is 1. The molecule has 22 heavy (non-hydrogen) atoms. The van der Waals surface area contributed by atoms with Gasteiger partial charge in [0.2, 0.25) is 0 Å². The second-order valence-corrected chi connectivity index (χ2v) is 6.14. The van der Waals surface area contributed by atoms with E-state index in [0.29, 0.717) is 6.61 Å². The van der Waals surface area contributed by atoms with E-state index in [2.05, 4.69) is 6.08 Å². The summed E-state index contributed by atoms with van der Waals surface area (Å²) < 4.78 is 10.8. The molecular weight excluding hydrogens is 495 g/mol. The summed E-state index contributed by atoms with van der Waals surface area (Å²) in [6.45, 7) is 5.85. The molecule has 1 N–H and O–H groups in total. The number of allylic oxidation sites excluding steroid dienone is 1. The molecule has 0 aromatic rings. The number of ketones is 1. The van der Waals surface area contributed by atoms with Crippen molar-refractivity contribution in [1.82, 2.24) is 4.90 Å². The first-order valence-corrected chi connectivity index (χ1v) is 7.42. The van der Waals surface area contributed by atoms with Gasteiger partial charge in [0.15, 0.2) is 0 Å². The fourth-order valence-corrected chi connectivity index (χ4v) is 3.37. The molecule has 1 aliphatic heterocycles. The van der Waals surface area contributed by atoms with Gasteiger partial charge in [-0.2, -0.15) is 0 Å². The Bertz CT molecular complexity index is 392. The molecule has 0 aromatic heterocycles. The first kappa shape index (κ1) is 22.7. The van der Waals surface area contributed by atoms with Gasteiger partial charge < -0.3 is 15.2 Å². The summed E-state index contributed by atoms with van der Waals surface area (Å²) in [5.41, 5.74) is 8.01. The van der Waals surface area contributed by atoms with Crippen molar-refractivity contribution in [2.75, 3.05) is 27.9 Å². The Kier molecular flexibility index (Phi) is 10.2. The Labute approximate surface area is 170 Å². The van der Waals surface area contributed by atoms with E-state index in [-0.39, 0.29) is 67.8 Å². The molecular formula is C16H29AcN2O3-. The monoisotopic (exact) mass is 524 g/mol. The van der Waals surface area contributed by atoms with Crippen LogP contribution in [0.3, 0.4) is 0 Å². The molecule has 1 aliphatic rings. The predicted octanol–water partition coefficient (Wildman–Crippen LogP) is 2.31. The van der Waals surface area contributed by atoms with Crippen LogP contribution in [0.15, 0.2) is 12.2 Å². The van der Waals surface area contributed by atoms with Crippen molar-refractivity contribution in [3.8, 4) is 0 Å². The molecule has 0 aliphatic carbocycles. The molecule has 0 saturated carbocycles.